The van der Waals surface area contributed by atoms with E-state index >= 15 is 0 Å². The Bertz CT molecular complexity index is 484. The van der Waals surface area contributed by atoms with Gasteiger partial charge in [0.1, 0.15) is 5.75 Å². The van der Waals surface area contributed by atoms with E-state index in [1.165, 1.54) is 0 Å². The lowest BCUT2D eigenvalue weighted by atomic mass is 10.3. The number of nitrogens with zero attached hydrogens (tertiary/aromatic N) is 3. The number of para-hydroxylation sites is 1. The van der Waals surface area contributed by atoms with Gasteiger partial charge >= 0.3 is 0 Å². The molecule has 0 radical (unpaired) electrons. The van der Waals surface area contributed by atoms with Crippen LogP contribution in [0, 0.1) is 0 Å². The van der Waals surface area contributed by atoms with Crippen molar-refractivity contribution < 1.29 is 4.52 Å². The van der Waals surface area contributed by atoms with Crippen molar-refractivity contribution in [3.05, 3.63) is 43.0 Å². The first-order valence-corrected chi connectivity index (χ1v) is 8.03. The molecule has 1 unspecified atom stereocenters. The Labute approximate surface area is 97.8 Å². The molecule has 0 amide bonds. The Morgan fingerprint density at radius 3 is 2.75 bits per heavy atom. The zero-order valence-electron chi connectivity index (χ0n) is 8.47. The first-order chi connectivity index (χ1) is 7.85. The molecule has 0 N–H and O–H groups in total. The summed E-state index contributed by atoms with van der Waals surface area (Å²) in [6.07, 6.45) is 2.47. The average molecular weight is 269 g/mol. The zero-order valence-corrected chi connectivity index (χ0v) is 11.2. The zero-order chi connectivity index (χ0) is 11.3. The molecule has 82 valence electrons. The monoisotopic (exact) mass is 269 g/mol. The fourth-order valence-electron chi connectivity index (χ4n) is 1.16. The molecule has 1 heterocycles. The van der Waals surface area contributed by atoms with Crippen LogP contribution in [0.4, 0.5) is 0 Å². The van der Waals surface area contributed by atoms with Gasteiger partial charge in [-0.05, 0) is 12.1 Å². The van der Waals surface area contributed by atoms with Crippen molar-refractivity contribution in [2.75, 3.05) is 6.16 Å². The van der Waals surface area contributed by atoms with E-state index in [9.17, 15) is 0 Å². The molecule has 1 aromatic carbocycles. The average Bonchev–Trinajstić information content (AvgIpc) is 2.31. The summed E-state index contributed by atoms with van der Waals surface area (Å²) < 4.78 is 18.7. The van der Waals surface area contributed by atoms with Crippen molar-refractivity contribution in [3.8, 4) is 5.75 Å². The SMILES string of the molecule is C=CCP1(Oc2ccccc2)=NP=NP=N1. The van der Waals surface area contributed by atoms with Crippen LogP contribution >= 0.6 is 24.5 Å². The molecule has 0 fully saturated rings. The van der Waals surface area contributed by atoms with Gasteiger partial charge in [0.25, 0.3) is 7.43 Å². The summed E-state index contributed by atoms with van der Waals surface area (Å²) in [7, 11) is -0.682. The van der Waals surface area contributed by atoms with E-state index in [1.807, 2.05) is 30.3 Å². The summed E-state index contributed by atoms with van der Waals surface area (Å²) in [6.45, 7) is 3.73. The standard InChI is InChI=1S/C9H10N3OP3/c1-2-8-16(11-14-10-15-12-16)13-9-6-4-3-5-7-9/h2-7H,1,8H2. The second-order valence-electron chi connectivity index (χ2n) is 2.99. The van der Waals surface area contributed by atoms with Gasteiger partial charge in [-0.25, -0.2) is 0 Å². The minimum Gasteiger partial charge on any atom is -0.441 e. The Hall–Kier alpha value is -0.810. The quantitative estimate of drug-likeness (QED) is 0.534. The molecular formula is C9H10N3OP3. The van der Waals surface area contributed by atoms with Crippen LogP contribution in [0.5, 0.6) is 5.75 Å². The van der Waals surface area contributed by atoms with Gasteiger partial charge in [0.15, 0.2) is 17.0 Å². The molecule has 0 saturated heterocycles. The van der Waals surface area contributed by atoms with Gasteiger partial charge in [0, 0.05) is 0 Å². The van der Waals surface area contributed by atoms with Crippen LogP contribution in [0.15, 0.2) is 56.5 Å². The van der Waals surface area contributed by atoms with Crippen molar-refractivity contribution in [2.45, 2.75) is 0 Å². The summed E-state index contributed by atoms with van der Waals surface area (Å²) in [5, 5.41) is 0. The summed E-state index contributed by atoms with van der Waals surface area (Å²) in [5.74, 6) is 0.803. The number of hydrogen-bond acceptors (Lipinski definition) is 4. The maximum Gasteiger partial charge on any atom is 0.265 e. The highest BCUT2D eigenvalue weighted by Crippen LogP contribution is 2.58. The van der Waals surface area contributed by atoms with Gasteiger partial charge in [-0.15, -0.1) is 6.58 Å². The maximum atomic E-state index is 5.92. The van der Waals surface area contributed by atoms with E-state index in [0.717, 1.165) is 5.75 Å². The Balaban J connectivity index is 2.29. The van der Waals surface area contributed by atoms with Crippen molar-refractivity contribution in [1.29, 1.82) is 0 Å². The summed E-state index contributed by atoms with van der Waals surface area (Å²) in [4.78, 5) is 0. The van der Waals surface area contributed by atoms with Crippen LogP contribution < -0.4 is 4.52 Å². The second-order valence-corrected chi connectivity index (χ2v) is 7.37. The van der Waals surface area contributed by atoms with Crippen LogP contribution in [0.2, 0.25) is 0 Å². The molecule has 1 aromatic rings. The molecule has 0 spiro atoms. The highest BCUT2D eigenvalue weighted by atomic mass is 31.2. The van der Waals surface area contributed by atoms with Crippen molar-refractivity contribution in [2.24, 2.45) is 13.5 Å². The maximum absolute atomic E-state index is 5.92. The lowest BCUT2D eigenvalue weighted by Gasteiger charge is -2.18. The van der Waals surface area contributed by atoms with E-state index in [1.54, 1.807) is 6.08 Å². The molecule has 0 bridgehead atoms. The third-order valence-corrected chi connectivity index (χ3v) is 6.55. The first-order valence-electron chi connectivity index (χ1n) is 4.63. The van der Waals surface area contributed by atoms with Gasteiger partial charge in [0.05, 0.1) is 6.16 Å². The molecular weight excluding hydrogens is 259 g/mol. The molecule has 7 heteroatoms. The first kappa shape index (κ1) is 11.7. The highest BCUT2D eigenvalue weighted by Gasteiger charge is 2.20. The molecule has 0 aromatic heterocycles. The van der Waals surface area contributed by atoms with Crippen LogP contribution in [-0.2, 0) is 0 Å². The number of benzene rings is 1. The molecule has 1 aliphatic heterocycles. The lowest BCUT2D eigenvalue weighted by Crippen LogP contribution is -1.93. The summed E-state index contributed by atoms with van der Waals surface area (Å²) >= 11 is 0. The van der Waals surface area contributed by atoms with Crippen molar-refractivity contribution in [1.82, 2.24) is 0 Å². The topological polar surface area (TPSA) is 46.3 Å². The minimum atomic E-state index is -2.10. The fraction of sp³-hybridized carbons (Fsp3) is 0.111. The largest absolute Gasteiger partial charge is 0.441 e. The molecule has 0 saturated carbocycles. The van der Waals surface area contributed by atoms with Gasteiger partial charge in [-0.3, -0.25) is 0 Å². The normalized spacial score (nSPS) is 24.5. The molecule has 1 aliphatic rings. The summed E-state index contributed by atoms with van der Waals surface area (Å²) in [5.41, 5.74) is 0. The van der Waals surface area contributed by atoms with E-state index in [0.29, 0.717) is 23.2 Å². The Kier molecular flexibility index (Phi) is 4.01. The number of allylic oxidation sites excluding steroid dienone is 1. The summed E-state index contributed by atoms with van der Waals surface area (Å²) in [6, 6.07) is 9.64. The van der Waals surface area contributed by atoms with E-state index in [2.05, 4.69) is 20.1 Å². The van der Waals surface area contributed by atoms with Crippen molar-refractivity contribution in [3.63, 3.8) is 0 Å². The van der Waals surface area contributed by atoms with Crippen LogP contribution in [0.25, 0.3) is 0 Å². The van der Waals surface area contributed by atoms with Gasteiger partial charge in [0.2, 0.25) is 0 Å². The third kappa shape index (κ3) is 2.86. The predicted molar refractivity (Wildman–Crippen MR) is 70.2 cm³/mol. The smallest absolute Gasteiger partial charge is 0.265 e. The second kappa shape index (κ2) is 5.50. The predicted octanol–water partition coefficient (Wildman–Crippen LogP) is 5.39. The van der Waals surface area contributed by atoms with E-state index < -0.39 is 7.43 Å². The molecule has 2 rings (SSSR count). The minimum absolute atomic E-state index is 0.664. The molecule has 0 aliphatic carbocycles. The number of rotatable bonds is 4. The molecule has 4 nitrogen and oxygen atoms in total. The Morgan fingerprint density at radius 2 is 2.12 bits per heavy atom. The Morgan fingerprint density at radius 1 is 1.31 bits per heavy atom. The number of hydrogen-bond donors (Lipinski definition) is 0. The van der Waals surface area contributed by atoms with Gasteiger partial charge in [-0.2, -0.15) is 13.5 Å². The van der Waals surface area contributed by atoms with Gasteiger partial charge in [-0.1, -0.05) is 24.3 Å². The molecule has 16 heavy (non-hydrogen) atoms. The highest BCUT2D eigenvalue weighted by molar-refractivity contribution is 7.69. The van der Waals surface area contributed by atoms with Crippen LogP contribution in [0.3, 0.4) is 0 Å². The molecule has 1 atom stereocenters. The van der Waals surface area contributed by atoms with E-state index in [-0.39, 0.29) is 0 Å². The van der Waals surface area contributed by atoms with Gasteiger partial charge < -0.3 is 4.52 Å². The van der Waals surface area contributed by atoms with Crippen LogP contribution in [-0.4, -0.2) is 6.16 Å². The van der Waals surface area contributed by atoms with Crippen molar-refractivity contribution >= 4 is 24.5 Å². The van der Waals surface area contributed by atoms with E-state index in [4.69, 9.17) is 4.52 Å². The van der Waals surface area contributed by atoms with Crippen LogP contribution in [0.1, 0.15) is 0 Å². The fourth-order valence-corrected chi connectivity index (χ4v) is 5.45. The lowest BCUT2D eigenvalue weighted by molar-refractivity contribution is 0.607. The third-order valence-electron chi connectivity index (χ3n) is 1.80.